The molecule has 1 unspecified atom stereocenters. The molecule has 8 nitrogen and oxygen atoms in total. The van der Waals surface area contributed by atoms with Crippen LogP contribution in [-0.4, -0.2) is 81.9 Å². The zero-order valence-electron chi connectivity index (χ0n) is 16.1. The maximum Gasteiger partial charge on any atom is 0.257 e. The average Bonchev–Trinajstić information content (AvgIpc) is 3.29. The van der Waals surface area contributed by atoms with Crippen molar-refractivity contribution >= 4 is 15.9 Å². The highest BCUT2D eigenvalue weighted by Gasteiger charge is 2.38. The Morgan fingerprint density at radius 2 is 1.76 bits per heavy atom. The van der Waals surface area contributed by atoms with Crippen molar-refractivity contribution in [2.24, 2.45) is 0 Å². The number of halogens is 1. The lowest BCUT2D eigenvalue weighted by atomic mass is 10.00. The summed E-state index contributed by atoms with van der Waals surface area (Å²) in [5, 5.41) is 0. The van der Waals surface area contributed by atoms with Crippen molar-refractivity contribution < 1.29 is 31.8 Å². The maximum absolute atomic E-state index is 14.6. The third kappa shape index (κ3) is 4.17. The Morgan fingerprint density at radius 1 is 1.03 bits per heavy atom. The van der Waals surface area contributed by atoms with E-state index in [-0.39, 0.29) is 29.6 Å². The number of hydrogen-bond acceptors (Lipinski definition) is 6. The quantitative estimate of drug-likeness (QED) is 0.717. The Balaban J connectivity index is 1.61. The Labute approximate surface area is 169 Å². The summed E-state index contributed by atoms with van der Waals surface area (Å²) in [5.74, 6) is -1.28. The number of hydrogen-bond donors (Lipinski definition) is 0. The van der Waals surface area contributed by atoms with Gasteiger partial charge in [-0.05, 0) is 37.5 Å². The van der Waals surface area contributed by atoms with Gasteiger partial charge in [0.15, 0.2) is 6.29 Å². The summed E-state index contributed by atoms with van der Waals surface area (Å²) in [6.45, 7) is 2.45. The lowest BCUT2D eigenvalue weighted by Crippen LogP contribution is -2.50. The molecule has 3 heterocycles. The van der Waals surface area contributed by atoms with Crippen LogP contribution >= 0.6 is 0 Å². The van der Waals surface area contributed by atoms with Gasteiger partial charge in [-0.1, -0.05) is 0 Å². The molecule has 4 rings (SSSR count). The van der Waals surface area contributed by atoms with E-state index in [1.54, 1.807) is 4.90 Å². The molecule has 1 aromatic carbocycles. The molecule has 1 atom stereocenters. The van der Waals surface area contributed by atoms with Crippen LogP contribution in [0.3, 0.4) is 0 Å². The van der Waals surface area contributed by atoms with E-state index in [4.69, 9.17) is 14.2 Å². The molecular weight excluding hydrogens is 403 g/mol. The number of likely N-dealkylation sites (tertiary alicyclic amines) is 1. The van der Waals surface area contributed by atoms with Crippen molar-refractivity contribution in [2.75, 3.05) is 46.1 Å². The monoisotopic (exact) mass is 428 g/mol. The minimum absolute atomic E-state index is 0.0916. The van der Waals surface area contributed by atoms with E-state index >= 15 is 0 Å². The van der Waals surface area contributed by atoms with Gasteiger partial charge in [-0.15, -0.1) is 0 Å². The second kappa shape index (κ2) is 8.65. The van der Waals surface area contributed by atoms with Crippen LogP contribution in [0.4, 0.5) is 4.39 Å². The van der Waals surface area contributed by atoms with Crippen LogP contribution in [0.15, 0.2) is 23.1 Å². The number of amides is 1. The third-order valence-corrected chi connectivity index (χ3v) is 7.44. The number of carbonyl (C=O) groups is 1. The van der Waals surface area contributed by atoms with Gasteiger partial charge in [-0.2, -0.15) is 4.31 Å². The minimum atomic E-state index is -3.83. The third-order valence-electron chi connectivity index (χ3n) is 5.55. The zero-order chi connectivity index (χ0) is 20.4. The number of benzene rings is 1. The molecule has 10 heteroatoms. The fourth-order valence-electron chi connectivity index (χ4n) is 4.01. The summed E-state index contributed by atoms with van der Waals surface area (Å²) in [6.07, 6.45) is 1.89. The molecule has 1 amide bonds. The Hall–Kier alpha value is -1.59. The van der Waals surface area contributed by atoms with Crippen molar-refractivity contribution in [3.63, 3.8) is 0 Å². The maximum atomic E-state index is 14.6. The molecule has 0 aromatic heterocycles. The number of piperidine rings is 1. The first-order chi connectivity index (χ1) is 14.0. The number of ether oxygens (including phenoxy) is 3. The average molecular weight is 428 g/mol. The van der Waals surface area contributed by atoms with Crippen LogP contribution in [-0.2, 0) is 24.2 Å². The van der Waals surface area contributed by atoms with Crippen LogP contribution < -0.4 is 0 Å². The first-order valence-corrected chi connectivity index (χ1v) is 11.3. The van der Waals surface area contributed by atoms with Crippen molar-refractivity contribution in [2.45, 2.75) is 36.5 Å². The molecular formula is C19H25FN2O6S. The van der Waals surface area contributed by atoms with E-state index in [0.29, 0.717) is 39.4 Å². The van der Waals surface area contributed by atoms with Crippen LogP contribution in [0.2, 0.25) is 0 Å². The van der Waals surface area contributed by atoms with E-state index in [9.17, 15) is 17.6 Å². The summed E-state index contributed by atoms with van der Waals surface area (Å²) in [7, 11) is -3.83. The zero-order valence-corrected chi connectivity index (χ0v) is 16.9. The summed E-state index contributed by atoms with van der Waals surface area (Å²) in [4.78, 5) is 14.7. The van der Waals surface area contributed by atoms with Crippen LogP contribution in [0.25, 0.3) is 0 Å². The molecule has 0 aliphatic carbocycles. The predicted octanol–water partition coefficient (Wildman–Crippen LogP) is 1.21. The number of carbonyl (C=O) groups excluding carboxylic acids is 1. The predicted molar refractivity (Wildman–Crippen MR) is 100 cm³/mol. The van der Waals surface area contributed by atoms with Gasteiger partial charge in [0.25, 0.3) is 5.91 Å². The van der Waals surface area contributed by atoms with Crippen molar-refractivity contribution in [3.8, 4) is 0 Å². The Kier molecular flexibility index (Phi) is 6.16. The highest BCUT2D eigenvalue weighted by molar-refractivity contribution is 7.89. The summed E-state index contributed by atoms with van der Waals surface area (Å²) >= 11 is 0. The summed E-state index contributed by atoms with van der Waals surface area (Å²) < 4.78 is 58.0. The van der Waals surface area contributed by atoms with Crippen LogP contribution in [0.1, 0.15) is 29.6 Å². The first kappa shape index (κ1) is 20.7. The van der Waals surface area contributed by atoms with E-state index < -0.39 is 28.0 Å². The molecule has 0 saturated carbocycles. The van der Waals surface area contributed by atoms with Crippen LogP contribution in [0, 0.1) is 5.82 Å². The van der Waals surface area contributed by atoms with Gasteiger partial charge in [0.05, 0.1) is 42.9 Å². The van der Waals surface area contributed by atoms with Gasteiger partial charge < -0.3 is 19.1 Å². The summed E-state index contributed by atoms with van der Waals surface area (Å²) in [5.41, 5.74) is -0.246. The molecule has 3 aliphatic heterocycles. The molecule has 0 bridgehead atoms. The van der Waals surface area contributed by atoms with Gasteiger partial charge in [0, 0.05) is 19.6 Å². The topological polar surface area (TPSA) is 85.4 Å². The summed E-state index contributed by atoms with van der Waals surface area (Å²) in [6, 6.07) is 3.08. The van der Waals surface area contributed by atoms with Crippen LogP contribution in [0.5, 0.6) is 0 Å². The molecule has 3 saturated heterocycles. The van der Waals surface area contributed by atoms with Gasteiger partial charge >= 0.3 is 0 Å². The molecule has 1 aromatic rings. The fourth-order valence-corrected chi connectivity index (χ4v) is 5.45. The van der Waals surface area contributed by atoms with Gasteiger partial charge in [0.2, 0.25) is 10.0 Å². The SMILES string of the molecule is O=C(c1cc(S(=O)(=O)N2CCOCC2)ccc1F)N1CCCCC1C1OCCO1. The highest BCUT2D eigenvalue weighted by atomic mass is 32.2. The normalized spacial score (nSPS) is 24.7. The van der Waals surface area contributed by atoms with Gasteiger partial charge in [0.1, 0.15) is 5.82 Å². The number of morpholine rings is 1. The Bertz CT molecular complexity index is 852. The van der Waals surface area contributed by atoms with E-state index in [1.807, 2.05) is 0 Å². The van der Waals surface area contributed by atoms with Gasteiger partial charge in [-0.25, -0.2) is 12.8 Å². The molecule has 3 aliphatic rings. The fraction of sp³-hybridized carbons (Fsp3) is 0.632. The lowest BCUT2D eigenvalue weighted by molar-refractivity contribution is -0.100. The molecule has 3 fully saturated rings. The molecule has 29 heavy (non-hydrogen) atoms. The second-order valence-corrected chi connectivity index (χ2v) is 9.27. The largest absolute Gasteiger partial charge is 0.379 e. The Morgan fingerprint density at radius 3 is 2.48 bits per heavy atom. The lowest BCUT2D eigenvalue weighted by Gasteiger charge is -2.38. The molecule has 160 valence electrons. The molecule has 0 radical (unpaired) electrons. The number of sulfonamides is 1. The van der Waals surface area contributed by atoms with Crippen molar-refractivity contribution in [1.82, 2.24) is 9.21 Å². The number of nitrogens with zero attached hydrogens (tertiary/aromatic N) is 2. The number of rotatable bonds is 4. The van der Waals surface area contributed by atoms with Crippen molar-refractivity contribution in [1.29, 1.82) is 0 Å². The molecule has 0 N–H and O–H groups in total. The van der Waals surface area contributed by atoms with E-state index in [0.717, 1.165) is 25.0 Å². The van der Waals surface area contributed by atoms with E-state index in [2.05, 4.69) is 0 Å². The van der Waals surface area contributed by atoms with E-state index in [1.165, 1.54) is 10.4 Å². The van der Waals surface area contributed by atoms with Gasteiger partial charge in [-0.3, -0.25) is 4.79 Å². The second-order valence-electron chi connectivity index (χ2n) is 7.33. The highest BCUT2D eigenvalue weighted by Crippen LogP contribution is 2.28. The first-order valence-electron chi connectivity index (χ1n) is 9.90. The standard InChI is InChI=1S/C19H25FN2O6S/c20-16-5-4-14(29(24,25)21-7-9-26-10-8-21)13-15(16)18(23)22-6-2-1-3-17(22)19-27-11-12-28-19/h4-5,13,17,19H,1-3,6-12H2. The minimum Gasteiger partial charge on any atom is -0.379 e. The molecule has 0 spiro atoms. The van der Waals surface area contributed by atoms with Crippen molar-refractivity contribution in [3.05, 3.63) is 29.6 Å². The smallest absolute Gasteiger partial charge is 0.257 e.